The Bertz CT molecular complexity index is 815. The highest BCUT2D eigenvalue weighted by atomic mass is 32.2. The number of ether oxygens (including phenoxy) is 1. The Kier molecular flexibility index (Phi) is 5.06. The summed E-state index contributed by atoms with van der Waals surface area (Å²) in [5, 5.41) is 10.8. The predicted octanol–water partition coefficient (Wildman–Crippen LogP) is 4.38. The molecule has 0 fully saturated rings. The summed E-state index contributed by atoms with van der Waals surface area (Å²) < 4.78 is 11.7. The van der Waals surface area contributed by atoms with Gasteiger partial charge in [-0.3, -0.25) is 0 Å². The standard InChI is InChI=1S/C20H21NO3S/c22-15(13-25-20-21-17-9-3-4-10-19(17)24-20)12-23-18-11-5-7-14-6-1-2-8-16(14)18/h1-4,6,8-10,15,18,22H,5,7,11-13H2/t15-,18-/m0/s1. The summed E-state index contributed by atoms with van der Waals surface area (Å²) >= 11 is 1.42. The molecule has 4 nitrogen and oxygen atoms in total. The van der Waals surface area contributed by atoms with Crippen molar-refractivity contribution in [3.8, 4) is 0 Å². The van der Waals surface area contributed by atoms with Gasteiger partial charge in [0.1, 0.15) is 5.52 Å². The number of aryl methyl sites for hydroxylation is 1. The quantitative estimate of drug-likeness (QED) is 0.665. The largest absolute Gasteiger partial charge is 0.431 e. The van der Waals surface area contributed by atoms with E-state index in [2.05, 4.69) is 29.2 Å². The maximum Gasteiger partial charge on any atom is 0.256 e. The molecular weight excluding hydrogens is 334 g/mol. The van der Waals surface area contributed by atoms with Crippen LogP contribution in [-0.4, -0.2) is 28.6 Å². The van der Waals surface area contributed by atoms with Crippen molar-refractivity contribution in [3.63, 3.8) is 0 Å². The molecule has 0 unspecified atom stereocenters. The lowest BCUT2D eigenvalue weighted by atomic mass is 9.89. The molecule has 0 bridgehead atoms. The first-order chi connectivity index (χ1) is 12.3. The number of aromatic nitrogens is 1. The number of fused-ring (bicyclic) bond motifs is 2. The number of hydrogen-bond acceptors (Lipinski definition) is 5. The van der Waals surface area contributed by atoms with Gasteiger partial charge in [0, 0.05) is 5.75 Å². The van der Waals surface area contributed by atoms with Crippen molar-refractivity contribution < 1.29 is 14.3 Å². The van der Waals surface area contributed by atoms with Crippen molar-refractivity contribution >= 4 is 22.9 Å². The smallest absolute Gasteiger partial charge is 0.256 e. The first-order valence-corrected chi connectivity index (χ1v) is 9.64. The zero-order chi connectivity index (χ0) is 17.1. The molecule has 1 aromatic heterocycles. The molecule has 0 aliphatic heterocycles. The fourth-order valence-corrected chi connectivity index (χ4v) is 3.98. The highest BCUT2D eigenvalue weighted by Gasteiger charge is 2.21. The molecule has 1 heterocycles. The molecule has 2 atom stereocenters. The number of benzene rings is 2. The second-order valence-corrected chi connectivity index (χ2v) is 7.30. The van der Waals surface area contributed by atoms with Crippen LogP contribution in [0.25, 0.3) is 11.1 Å². The molecule has 5 heteroatoms. The second-order valence-electron chi connectivity index (χ2n) is 6.33. The van der Waals surface area contributed by atoms with Gasteiger partial charge in [-0.1, -0.05) is 48.2 Å². The van der Waals surface area contributed by atoms with Gasteiger partial charge in [-0.25, -0.2) is 4.98 Å². The van der Waals surface area contributed by atoms with E-state index in [1.54, 1.807) is 0 Å². The summed E-state index contributed by atoms with van der Waals surface area (Å²) in [6.45, 7) is 0.326. The van der Waals surface area contributed by atoms with E-state index < -0.39 is 6.10 Å². The molecule has 0 amide bonds. The van der Waals surface area contributed by atoms with E-state index in [-0.39, 0.29) is 6.10 Å². The third kappa shape index (κ3) is 3.89. The van der Waals surface area contributed by atoms with Crippen molar-refractivity contribution in [2.24, 2.45) is 0 Å². The Labute approximate surface area is 151 Å². The minimum absolute atomic E-state index is 0.0916. The van der Waals surface area contributed by atoms with Crippen LogP contribution >= 0.6 is 11.8 Å². The average Bonchev–Trinajstić information content (AvgIpc) is 3.07. The lowest BCUT2D eigenvalue weighted by molar-refractivity contribution is -0.00963. The Balaban J connectivity index is 1.30. The molecule has 25 heavy (non-hydrogen) atoms. The first-order valence-electron chi connectivity index (χ1n) is 8.65. The SMILES string of the molecule is O[C@@H](CO[C@H]1CCCc2ccccc21)CSc1nc2ccccc2o1. The molecule has 0 saturated carbocycles. The van der Waals surface area contributed by atoms with Crippen molar-refractivity contribution in [1.29, 1.82) is 0 Å². The van der Waals surface area contributed by atoms with Gasteiger partial charge in [0.15, 0.2) is 5.58 Å². The molecule has 130 valence electrons. The normalized spacial score (nSPS) is 18.2. The third-order valence-electron chi connectivity index (χ3n) is 4.48. The molecular formula is C20H21NO3S. The Hall–Kier alpha value is -1.82. The molecule has 1 aliphatic rings. The number of para-hydroxylation sites is 2. The third-order valence-corrected chi connectivity index (χ3v) is 5.45. The van der Waals surface area contributed by atoms with E-state index >= 15 is 0 Å². The van der Waals surface area contributed by atoms with Crippen molar-refractivity contribution in [2.45, 2.75) is 36.7 Å². The number of thioether (sulfide) groups is 1. The Morgan fingerprint density at radius 1 is 1.20 bits per heavy atom. The number of rotatable bonds is 6. The molecule has 1 N–H and O–H groups in total. The van der Waals surface area contributed by atoms with Gasteiger partial charge in [0.2, 0.25) is 0 Å². The van der Waals surface area contributed by atoms with E-state index in [0.717, 1.165) is 30.4 Å². The summed E-state index contributed by atoms with van der Waals surface area (Å²) in [6.07, 6.45) is 2.81. The van der Waals surface area contributed by atoms with Crippen LogP contribution < -0.4 is 0 Å². The van der Waals surface area contributed by atoms with Gasteiger partial charge < -0.3 is 14.3 Å². The second kappa shape index (κ2) is 7.60. The van der Waals surface area contributed by atoms with Gasteiger partial charge in [-0.05, 0) is 42.5 Å². The number of nitrogens with zero attached hydrogens (tertiary/aromatic N) is 1. The summed E-state index contributed by atoms with van der Waals surface area (Å²) in [5.74, 6) is 0.501. The molecule has 4 rings (SSSR count). The van der Waals surface area contributed by atoms with Crippen molar-refractivity contribution in [1.82, 2.24) is 4.98 Å². The maximum atomic E-state index is 10.2. The molecule has 0 radical (unpaired) electrons. The Morgan fingerprint density at radius 2 is 2.04 bits per heavy atom. The van der Waals surface area contributed by atoms with E-state index in [0.29, 0.717) is 17.6 Å². The molecule has 1 aliphatic carbocycles. The lowest BCUT2D eigenvalue weighted by Crippen LogP contribution is -2.22. The highest BCUT2D eigenvalue weighted by Crippen LogP contribution is 2.32. The van der Waals surface area contributed by atoms with E-state index in [1.807, 2.05) is 24.3 Å². The number of hydrogen-bond donors (Lipinski definition) is 1. The maximum absolute atomic E-state index is 10.2. The van der Waals surface area contributed by atoms with Crippen molar-refractivity contribution in [3.05, 3.63) is 59.7 Å². The van der Waals surface area contributed by atoms with Gasteiger partial charge in [-0.15, -0.1) is 0 Å². The van der Waals surface area contributed by atoms with Crippen LogP contribution in [0, 0.1) is 0 Å². The van der Waals surface area contributed by atoms with Crippen LogP contribution in [0.2, 0.25) is 0 Å². The fourth-order valence-electron chi connectivity index (χ4n) is 3.24. The van der Waals surface area contributed by atoms with Gasteiger partial charge >= 0.3 is 0 Å². The van der Waals surface area contributed by atoms with Gasteiger partial charge in [0.25, 0.3) is 5.22 Å². The summed E-state index contributed by atoms with van der Waals surface area (Å²) in [5.41, 5.74) is 4.26. The fraction of sp³-hybridized carbons (Fsp3) is 0.350. The number of aliphatic hydroxyl groups excluding tert-OH is 1. The van der Waals surface area contributed by atoms with Crippen LogP contribution in [0.4, 0.5) is 0 Å². The molecule has 0 spiro atoms. The van der Waals surface area contributed by atoms with E-state index in [9.17, 15) is 5.11 Å². The zero-order valence-electron chi connectivity index (χ0n) is 13.9. The predicted molar refractivity (Wildman–Crippen MR) is 98.8 cm³/mol. The topological polar surface area (TPSA) is 55.5 Å². The zero-order valence-corrected chi connectivity index (χ0v) is 14.7. The van der Waals surface area contributed by atoms with Crippen molar-refractivity contribution in [2.75, 3.05) is 12.4 Å². The average molecular weight is 355 g/mol. The molecule has 3 aromatic rings. The van der Waals surface area contributed by atoms with Crippen LogP contribution in [0.15, 0.2) is 58.2 Å². The Morgan fingerprint density at radius 3 is 2.96 bits per heavy atom. The lowest BCUT2D eigenvalue weighted by Gasteiger charge is -2.26. The van der Waals surface area contributed by atoms with Gasteiger partial charge in [0.05, 0.1) is 18.8 Å². The monoisotopic (exact) mass is 355 g/mol. The van der Waals surface area contributed by atoms with Gasteiger partial charge in [-0.2, -0.15) is 0 Å². The van der Waals surface area contributed by atoms with Crippen LogP contribution in [-0.2, 0) is 11.2 Å². The molecule has 0 saturated heterocycles. The number of aliphatic hydroxyl groups is 1. The highest BCUT2D eigenvalue weighted by molar-refractivity contribution is 7.99. The van der Waals surface area contributed by atoms with Crippen LogP contribution in [0.5, 0.6) is 0 Å². The summed E-state index contributed by atoms with van der Waals surface area (Å²) in [7, 11) is 0. The summed E-state index contributed by atoms with van der Waals surface area (Å²) in [6, 6.07) is 16.1. The minimum Gasteiger partial charge on any atom is -0.431 e. The molecule has 2 aromatic carbocycles. The van der Waals surface area contributed by atoms with E-state index in [4.69, 9.17) is 9.15 Å². The number of oxazole rings is 1. The summed E-state index contributed by atoms with van der Waals surface area (Å²) in [4.78, 5) is 4.41. The van der Waals surface area contributed by atoms with E-state index in [1.165, 1.54) is 22.9 Å². The minimum atomic E-state index is -0.547. The first kappa shape index (κ1) is 16.6. The van der Waals surface area contributed by atoms with Crippen LogP contribution in [0.3, 0.4) is 0 Å². The van der Waals surface area contributed by atoms with Crippen LogP contribution in [0.1, 0.15) is 30.1 Å².